The van der Waals surface area contributed by atoms with Gasteiger partial charge in [-0.15, -0.1) is 0 Å². The van der Waals surface area contributed by atoms with Gasteiger partial charge in [0.05, 0.1) is 6.42 Å². The van der Waals surface area contributed by atoms with Crippen LogP contribution in [0, 0.1) is 11.8 Å². The smallest absolute Gasteiger partial charge is 1.00 e. The molecule has 4 atom stereocenters. The topological polar surface area (TPSA) is 87.1 Å². The number of carbonyl (C=O) groups excluding carboxylic acids is 1. The number of halogens is 1. The lowest BCUT2D eigenvalue weighted by molar-refractivity contribution is -0.138. The van der Waals surface area contributed by atoms with Crippen molar-refractivity contribution in [1.29, 1.82) is 0 Å². The van der Waals surface area contributed by atoms with Gasteiger partial charge in [0.2, 0.25) is 0 Å². The first-order valence-corrected chi connectivity index (χ1v) is 12.7. The van der Waals surface area contributed by atoms with E-state index >= 15 is 0 Å². The number of phenols is 1. The highest BCUT2D eigenvalue weighted by Crippen LogP contribution is 2.62. The summed E-state index contributed by atoms with van der Waals surface area (Å²) >= 11 is 0. The number of ketones is 1. The Morgan fingerprint density at radius 3 is 2.56 bits per heavy atom. The SMILES string of the molecule is CC(C)Cc1ccc(CC(=O)O)cc1.CN1CC[C@]23c4c5ccc(O)c4O[C@H]2C(=O)CC[C@H]3[C@H]1C5.[Cl-].[H+]. The number of carboxylic acids is 1. The molecule has 2 N–H and O–H groups in total. The van der Waals surface area contributed by atoms with Gasteiger partial charge in [0, 0.05) is 23.4 Å². The molecule has 0 unspecified atom stereocenters. The van der Waals surface area contributed by atoms with Crippen LogP contribution in [-0.2, 0) is 34.3 Å². The monoisotopic (exact) mass is 513 g/mol. The summed E-state index contributed by atoms with van der Waals surface area (Å²) in [6.45, 7) is 5.35. The Morgan fingerprint density at radius 1 is 1.19 bits per heavy atom. The van der Waals surface area contributed by atoms with Crippen molar-refractivity contribution in [2.24, 2.45) is 11.8 Å². The molecular formula is C29H36ClNO5. The molecule has 4 aliphatic rings. The summed E-state index contributed by atoms with van der Waals surface area (Å²) in [7, 11) is 2.20. The molecule has 2 aromatic carbocycles. The number of aromatic hydroxyl groups is 1. The van der Waals surface area contributed by atoms with E-state index in [0.717, 1.165) is 43.4 Å². The number of phenolic OH excluding ortho intramolecular Hbond substituents is 1. The summed E-state index contributed by atoms with van der Waals surface area (Å²) in [6, 6.07) is 12.1. The Balaban J connectivity index is 0.000000212. The average molecular weight is 514 g/mol. The van der Waals surface area contributed by atoms with E-state index in [-0.39, 0.29) is 43.3 Å². The average Bonchev–Trinajstić information content (AvgIpc) is 3.16. The number of Topliss-reactive ketones (excluding diaryl/α,β-unsaturated/α-hetero) is 1. The largest absolute Gasteiger partial charge is 1.00 e. The van der Waals surface area contributed by atoms with Crippen molar-refractivity contribution in [3.05, 3.63) is 58.7 Å². The van der Waals surface area contributed by atoms with Crippen molar-refractivity contribution >= 4 is 11.8 Å². The highest BCUT2D eigenvalue weighted by Gasteiger charge is 2.65. The molecule has 6 rings (SSSR count). The van der Waals surface area contributed by atoms with Crippen LogP contribution in [0.4, 0.5) is 0 Å². The Morgan fingerprint density at radius 2 is 1.89 bits per heavy atom. The molecule has 2 aliphatic heterocycles. The van der Waals surface area contributed by atoms with Gasteiger partial charge in [-0.3, -0.25) is 9.59 Å². The number of benzene rings is 2. The van der Waals surface area contributed by atoms with Gasteiger partial charge < -0.3 is 32.3 Å². The number of likely N-dealkylation sites (N-methyl/N-ethyl adjacent to an activating group) is 1. The maximum atomic E-state index is 12.5. The highest BCUT2D eigenvalue weighted by atomic mass is 35.5. The van der Waals surface area contributed by atoms with Crippen LogP contribution in [0.1, 0.15) is 56.8 Å². The van der Waals surface area contributed by atoms with Crippen molar-refractivity contribution in [2.45, 2.75) is 69.9 Å². The molecule has 2 bridgehead atoms. The molecule has 1 saturated heterocycles. The van der Waals surface area contributed by atoms with Crippen LogP contribution in [0.5, 0.6) is 11.5 Å². The van der Waals surface area contributed by atoms with E-state index in [4.69, 9.17) is 9.84 Å². The number of hydrogen-bond donors (Lipinski definition) is 2. The summed E-state index contributed by atoms with van der Waals surface area (Å²) in [5, 5.41) is 18.8. The standard InChI is InChI=1S/C17H19NO3.C12H16O2.ClH/c1-18-7-6-17-10-3-5-13(20)16(17)21-15-12(19)4-2-9(14(15)17)8-11(10)18;1-9(2)7-10-3-5-11(6-4-10)8-12(13)14;/h2,4,10-11,16,19H,3,5-8H2,1H3;3-6,9H,7-8H2,1-2H3,(H,13,14);1H/t10-,11+,16-,17-;;/m0../s1. The van der Waals surface area contributed by atoms with Gasteiger partial charge in [0.15, 0.2) is 23.4 Å². The number of carbonyl (C=O) groups is 2. The Labute approximate surface area is 220 Å². The number of rotatable bonds is 4. The third-order valence-corrected chi connectivity index (χ3v) is 8.41. The van der Waals surface area contributed by atoms with Crippen LogP contribution >= 0.6 is 0 Å². The first-order valence-electron chi connectivity index (χ1n) is 12.7. The van der Waals surface area contributed by atoms with E-state index < -0.39 is 5.97 Å². The fourth-order valence-corrected chi connectivity index (χ4v) is 6.96. The lowest BCUT2D eigenvalue weighted by atomic mass is 9.52. The fourth-order valence-electron chi connectivity index (χ4n) is 6.96. The molecule has 1 saturated carbocycles. The van der Waals surface area contributed by atoms with Crippen LogP contribution in [0.3, 0.4) is 0 Å². The minimum atomic E-state index is -0.776. The van der Waals surface area contributed by atoms with Crippen LogP contribution in [0.15, 0.2) is 36.4 Å². The molecule has 194 valence electrons. The molecule has 6 nitrogen and oxygen atoms in total. The number of nitrogens with zero attached hydrogens (tertiary/aromatic N) is 1. The Kier molecular flexibility index (Phi) is 7.40. The molecule has 36 heavy (non-hydrogen) atoms. The second kappa shape index (κ2) is 10.1. The van der Waals surface area contributed by atoms with Crippen molar-refractivity contribution in [1.82, 2.24) is 4.90 Å². The number of hydrogen-bond acceptors (Lipinski definition) is 5. The molecule has 0 radical (unpaired) electrons. The number of ether oxygens (including phenoxy) is 1. The zero-order valence-electron chi connectivity index (χ0n) is 22.2. The number of piperidine rings is 1. The molecule has 0 amide bonds. The predicted octanol–water partition coefficient (Wildman–Crippen LogP) is 1.26. The van der Waals surface area contributed by atoms with Gasteiger partial charge in [-0.1, -0.05) is 44.2 Å². The van der Waals surface area contributed by atoms with Crippen LogP contribution < -0.4 is 17.1 Å². The summed E-state index contributed by atoms with van der Waals surface area (Å²) in [4.78, 5) is 25.4. The lowest BCUT2D eigenvalue weighted by Crippen LogP contribution is -3.00. The van der Waals surface area contributed by atoms with Crippen LogP contribution in [0.25, 0.3) is 0 Å². The Bertz CT molecular complexity index is 1150. The molecule has 1 spiro atoms. The normalized spacial score (nSPS) is 27.3. The third-order valence-electron chi connectivity index (χ3n) is 8.41. The molecule has 0 aromatic heterocycles. The van der Waals surface area contributed by atoms with E-state index in [1.54, 1.807) is 6.07 Å². The van der Waals surface area contributed by atoms with Crippen molar-refractivity contribution < 1.29 is 38.4 Å². The van der Waals surface area contributed by atoms with E-state index in [2.05, 4.69) is 25.8 Å². The van der Waals surface area contributed by atoms with Crippen molar-refractivity contribution in [3.63, 3.8) is 0 Å². The summed E-state index contributed by atoms with van der Waals surface area (Å²) in [5.41, 5.74) is 4.40. The van der Waals surface area contributed by atoms with Gasteiger partial charge in [0.25, 0.3) is 0 Å². The summed E-state index contributed by atoms with van der Waals surface area (Å²) < 4.78 is 6.04. The first-order chi connectivity index (χ1) is 16.7. The van der Waals surface area contributed by atoms with Gasteiger partial charge >= 0.3 is 7.40 Å². The maximum absolute atomic E-state index is 12.5. The fraction of sp³-hybridized carbons (Fsp3) is 0.517. The van der Waals surface area contributed by atoms with Gasteiger partial charge in [-0.05, 0) is 73.9 Å². The zero-order chi connectivity index (χ0) is 24.9. The van der Waals surface area contributed by atoms with E-state index in [9.17, 15) is 14.7 Å². The second-order valence-corrected chi connectivity index (χ2v) is 11.1. The molecule has 2 heterocycles. The Hall–Kier alpha value is -2.57. The molecule has 2 aromatic rings. The minimum absolute atomic E-state index is 0. The zero-order valence-corrected chi connectivity index (χ0v) is 21.9. The maximum Gasteiger partial charge on any atom is 1.00 e. The highest BCUT2D eigenvalue weighted by molar-refractivity contribution is 5.89. The lowest BCUT2D eigenvalue weighted by Gasteiger charge is -2.57. The van der Waals surface area contributed by atoms with Gasteiger partial charge in [-0.2, -0.15) is 0 Å². The minimum Gasteiger partial charge on any atom is -1.00 e. The predicted molar refractivity (Wildman–Crippen MR) is 134 cm³/mol. The van der Waals surface area contributed by atoms with E-state index in [1.807, 2.05) is 30.3 Å². The van der Waals surface area contributed by atoms with Gasteiger partial charge in [0.1, 0.15) is 0 Å². The third kappa shape index (κ3) is 4.39. The number of aliphatic carboxylic acids is 1. The number of likely N-dealkylation sites (tertiary alicyclic amines) is 1. The van der Waals surface area contributed by atoms with Crippen LogP contribution in [-0.4, -0.2) is 52.6 Å². The first kappa shape index (κ1) is 26.5. The molecule has 2 fully saturated rings. The quantitative estimate of drug-likeness (QED) is 0.640. The molecular weight excluding hydrogens is 478 g/mol. The van der Waals surface area contributed by atoms with Gasteiger partial charge in [-0.25, -0.2) is 0 Å². The number of carboxylic acid groups (broad SMARTS) is 1. The van der Waals surface area contributed by atoms with Crippen LogP contribution in [0.2, 0.25) is 0 Å². The summed E-state index contributed by atoms with van der Waals surface area (Å²) in [5.74, 6) is 1.36. The molecule has 2 aliphatic carbocycles. The summed E-state index contributed by atoms with van der Waals surface area (Å²) in [6.07, 6.45) is 4.35. The van der Waals surface area contributed by atoms with E-state index in [1.165, 1.54) is 11.1 Å². The van der Waals surface area contributed by atoms with E-state index in [0.29, 0.717) is 30.0 Å². The second-order valence-electron chi connectivity index (χ2n) is 11.1. The van der Waals surface area contributed by atoms with Crippen molar-refractivity contribution in [2.75, 3.05) is 13.6 Å². The van der Waals surface area contributed by atoms with Crippen molar-refractivity contribution in [3.8, 4) is 11.5 Å². The molecule has 7 heteroatoms.